The summed E-state index contributed by atoms with van der Waals surface area (Å²) in [5, 5.41) is 18.4. The smallest absolute Gasteiger partial charge is 0.246 e. The molecule has 2 amide bonds. The van der Waals surface area contributed by atoms with E-state index in [0.29, 0.717) is 12.8 Å². The highest BCUT2D eigenvalue weighted by Crippen LogP contribution is 2.52. The number of imide groups is 1. The van der Waals surface area contributed by atoms with Crippen LogP contribution in [-0.2, 0) is 9.59 Å². The van der Waals surface area contributed by atoms with Crippen LogP contribution in [0.1, 0.15) is 25.7 Å². The summed E-state index contributed by atoms with van der Waals surface area (Å²) in [4.78, 5) is 24.9. The lowest BCUT2D eigenvalue weighted by Crippen LogP contribution is -2.57. The molecule has 88 valence electrons. The summed E-state index contributed by atoms with van der Waals surface area (Å²) < 4.78 is 0. The van der Waals surface area contributed by atoms with Gasteiger partial charge in [-0.3, -0.25) is 14.5 Å². The molecule has 2 fully saturated rings. The Bertz CT molecular complexity index is 415. The Kier molecular flexibility index (Phi) is 2.63. The van der Waals surface area contributed by atoms with Crippen molar-refractivity contribution in [2.45, 2.75) is 25.7 Å². The van der Waals surface area contributed by atoms with Crippen LogP contribution >= 0.6 is 0 Å². The minimum absolute atomic E-state index is 0.453. The van der Waals surface area contributed by atoms with Crippen LogP contribution in [0.3, 0.4) is 0 Å². The summed E-state index contributed by atoms with van der Waals surface area (Å²) in [6, 6.07) is 4.01. The maximum absolute atomic E-state index is 12.0. The predicted molar refractivity (Wildman–Crippen MR) is 56.9 cm³/mol. The molecule has 2 unspecified atom stereocenters. The van der Waals surface area contributed by atoms with Crippen molar-refractivity contribution in [1.82, 2.24) is 4.90 Å². The SMILES string of the molecule is CN1C(=O)C(C#N)C2(CCCC2)C(C#N)C1=O. The molecular formula is C12H13N3O2. The van der Waals surface area contributed by atoms with Gasteiger partial charge in [0.2, 0.25) is 11.8 Å². The molecule has 5 nitrogen and oxygen atoms in total. The van der Waals surface area contributed by atoms with Gasteiger partial charge in [0.15, 0.2) is 0 Å². The van der Waals surface area contributed by atoms with Crippen molar-refractivity contribution in [3.63, 3.8) is 0 Å². The predicted octanol–water partition coefficient (Wildman–Crippen LogP) is 0.825. The minimum Gasteiger partial charge on any atom is -0.283 e. The lowest BCUT2D eigenvalue weighted by molar-refractivity contribution is -0.159. The second kappa shape index (κ2) is 3.85. The monoisotopic (exact) mass is 231 g/mol. The van der Waals surface area contributed by atoms with Gasteiger partial charge in [-0.15, -0.1) is 0 Å². The Labute approximate surface area is 99.6 Å². The molecule has 1 spiro atoms. The highest BCUT2D eigenvalue weighted by molar-refractivity contribution is 6.02. The average molecular weight is 231 g/mol. The number of carbonyl (C=O) groups is 2. The van der Waals surface area contributed by atoms with Gasteiger partial charge in [-0.25, -0.2) is 0 Å². The summed E-state index contributed by atoms with van der Waals surface area (Å²) in [5.41, 5.74) is -0.732. The molecule has 1 aliphatic carbocycles. The first-order valence-electron chi connectivity index (χ1n) is 5.69. The number of nitriles is 2. The van der Waals surface area contributed by atoms with Gasteiger partial charge < -0.3 is 0 Å². The van der Waals surface area contributed by atoms with Gasteiger partial charge in [-0.2, -0.15) is 10.5 Å². The number of amides is 2. The molecule has 0 bridgehead atoms. The first-order valence-corrected chi connectivity index (χ1v) is 5.69. The van der Waals surface area contributed by atoms with Crippen molar-refractivity contribution >= 4 is 11.8 Å². The van der Waals surface area contributed by atoms with Crippen molar-refractivity contribution < 1.29 is 9.59 Å². The fourth-order valence-electron chi connectivity index (χ4n) is 3.13. The Balaban J connectivity index is 2.52. The Morgan fingerprint density at radius 3 is 1.88 bits per heavy atom. The van der Waals surface area contributed by atoms with E-state index in [1.165, 1.54) is 7.05 Å². The van der Waals surface area contributed by atoms with Crippen molar-refractivity contribution in [2.75, 3.05) is 7.05 Å². The van der Waals surface area contributed by atoms with Crippen LogP contribution in [-0.4, -0.2) is 23.8 Å². The summed E-state index contributed by atoms with van der Waals surface area (Å²) in [6.45, 7) is 0. The highest BCUT2D eigenvalue weighted by Gasteiger charge is 2.59. The van der Waals surface area contributed by atoms with Crippen molar-refractivity contribution in [3.05, 3.63) is 0 Å². The van der Waals surface area contributed by atoms with Crippen molar-refractivity contribution in [1.29, 1.82) is 10.5 Å². The number of carbonyl (C=O) groups excluding carboxylic acids is 2. The number of likely N-dealkylation sites (tertiary alicyclic amines) is 1. The van der Waals surface area contributed by atoms with Gasteiger partial charge in [-0.1, -0.05) is 12.8 Å². The van der Waals surface area contributed by atoms with Crippen LogP contribution in [0.15, 0.2) is 0 Å². The van der Waals surface area contributed by atoms with Crippen LogP contribution in [0.5, 0.6) is 0 Å². The summed E-state index contributed by atoms with van der Waals surface area (Å²) >= 11 is 0. The molecule has 1 saturated carbocycles. The third-order valence-electron chi connectivity index (χ3n) is 4.10. The van der Waals surface area contributed by atoms with E-state index in [9.17, 15) is 20.1 Å². The quantitative estimate of drug-likeness (QED) is 0.578. The molecule has 17 heavy (non-hydrogen) atoms. The Morgan fingerprint density at radius 1 is 1.12 bits per heavy atom. The Morgan fingerprint density at radius 2 is 1.53 bits per heavy atom. The maximum atomic E-state index is 12.0. The topological polar surface area (TPSA) is 85.0 Å². The number of rotatable bonds is 0. The van der Waals surface area contributed by atoms with Crippen LogP contribution in [0.2, 0.25) is 0 Å². The Hall–Kier alpha value is -1.88. The minimum atomic E-state index is -0.850. The van der Waals surface area contributed by atoms with E-state index in [1.807, 2.05) is 12.1 Å². The van der Waals surface area contributed by atoms with E-state index in [0.717, 1.165) is 17.7 Å². The molecule has 1 aliphatic heterocycles. The third kappa shape index (κ3) is 1.36. The van der Waals surface area contributed by atoms with E-state index in [2.05, 4.69) is 0 Å². The number of nitrogens with zero attached hydrogens (tertiary/aromatic N) is 3. The maximum Gasteiger partial charge on any atom is 0.246 e. The fraction of sp³-hybridized carbons (Fsp3) is 0.667. The zero-order chi connectivity index (χ0) is 12.6. The fourth-order valence-corrected chi connectivity index (χ4v) is 3.13. The van der Waals surface area contributed by atoms with Gasteiger partial charge in [0, 0.05) is 12.5 Å². The molecule has 2 aliphatic rings. The number of hydrogen-bond donors (Lipinski definition) is 0. The molecule has 1 saturated heterocycles. The molecular weight excluding hydrogens is 218 g/mol. The van der Waals surface area contributed by atoms with Crippen LogP contribution < -0.4 is 0 Å². The van der Waals surface area contributed by atoms with Gasteiger partial charge in [0.05, 0.1) is 12.1 Å². The van der Waals surface area contributed by atoms with Crippen molar-refractivity contribution in [3.8, 4) is 12.1 Å². The zero-order valence-electron chi connectivity index (χ0n) is 9.64. The van der Waals surface area contributed by atoms with Crippen molar-refractivity contribution in [2.24, 2.45) is 17.3 Å². The van der Waals surface area contributed by atoms with Gasteiger partial charge in [-0.05, 0) is 12.8 Å². The molecule has 0 aromatic carbocycles. The van der Waals surface area contributed by atoms with Crippen LogP contribution in [0, 0.1) is 39.9 Å². The van der Waals surface area contributed by atoms with Crippen LogP contribution in [0.4, 0.5) is 0 Å². The first kappa shape index (κ1) is 11.6. The zero-order valence-corrected chi connectivity index (χ0v) is 9.64. The van der Waals surface area contributed by atoms with E-state index in [1.54, 1.807) is 0 Å². The van der Waals surface area contributed by atoms with Gasteiger partial charge in [0.25, 0.3) is 0 Å². The van der Waals surface area contributed by atoms with E-state index < -0.39 is 29.1 Å². The first-order chi connectivity index (χ1) is 8.08. The standard InChI is InChI=1S/C12H13N3O2/c1-15-10(16)8(6-13)12(4-2-3-5-12)9(7-14)11(15)17/h8-9H,2-5H2,1H3. The third-order valence-corrected chi connectivity index (χ3v) is 4.10. The van der Waals surface area contributed by atoms with Gasteiger partial charge in [0.1, 0.15) is 11.8 Å². The second-order valence-electron chi connectivity index (χ2n) is 4.80. The average Bonchev–Trinajstić information content (AvgIpc) is 2.78. The van der Waals surface area contributed by atoms with Gasteiger partial charge >= 0.3 is 0 Å². The molecule has 2 atom stereocenters. The lowest BCUT2D eigenvalue weighted by Gasteiger charge is -2.42. The van der Waals surface area contributed by atoms with E-state index in [4.69, 9.17) is 0 Å². The molecule has 2 rings (SSSR count). The second-order valence-corrected chi connectivity index (χ2v) is 4.80. The van der Waals surface area contributed by atoms with E-state index >= 15 is 0 Å². The summed E-state index contributed by atoms with van der Waals surface area (Å²) in [6.07, 6.45) is 2.99. The van der Waals surface area contributed by atoms with Crippen LogP contribution in [0.25, 0.3) is 0 Å². The summed E-state index contributed by atoms with van der Waals surface area (Å²) in [5.74, 6) is -2.61. The number of piperidine rings is 1. The number of hydrogen-bond acceptors (Lipinski definition) is 4. The summed E-state index contributed by atoms with van der Waals surface area (Å²) in [7, 11) is 1.35. The normalized spacial score (nSPS) is 31.4. The molecule has 5 heteroatoms. The molecule has 0 radical (unpaired) electrons. The van der Waals surface area contributed by atoms with E-state index in [-0.39, 0.29) is 0 Å². The highest BCUT2D eigenvalue weighted by atomic mass is 16.2. The molecule has 0 aromatic rings. The molecule has 0 aromatic heterocycles. The molecule has 0 N–H and O–H groups in total. The lowest BCUT2D eigenvalue weighted by atomic mass is 9.63. The molecule has 1 heterocycles. The largest absolute Gasteiger partial charge is 0.283 e.